The number of ether oxygens (including phenoxy) is 2. The highest BCUT2D eigenvalue weighted by atomic mass is 35.5. The van der Waals surface area contributed by atoms with E-state index >= 15 is 0 Å². The van der Waals surface area contributed by atoms with Gasteiger partial charge < -0.3 is 19.7 Å². The van der Waals surface area contributed by atoms with E-state index in [2.05, 4.69) is 20.2 Å². The van der Waals surface area contributed by atoms with Gasteiger partial charge in [0.15, 0.2) is 17.5 Å². The second-order valence-electron chi connectivity index (χ2n) is 10.8. The van der Waals surface area contributed by atoms with Gasteiger partial charge in [-0.2, -0.15) is 23.4 Å². The minimum Gasteiger partial charge on any atom is -0.388 e. The van der Waals surface area contributed by atoms with Crippen molar-refractivity contribution in [3.05, 3.63) is 75.5 Å². The molecule has 0 radical (unpaired) electrons. The average Bonchev–Trinajstić information content (AvgIpc) is 3.77. The molecule has 45 heavy (non-hydrogen) atoms. The lowest BCUT2D eigenvalue weighted by atomic mass is 9.91. The zero-order chi connectivity index (χ0) is 31.9. The number of aryl methyl sites for hydroxylation is 2. The summed E-state index contributed by atoms with van der Waals surface area (Å²) in [5, 5.41) is 31.1. The van der Waals surface area contributed by atoms with Crippen LogP contribution in [0, 0.1) is 25.5 Å². The summed E-state index contributed by atoms with van der Waals surface area (Å²) < 4.78 is 85.9. The van der Waals surface area contributed by atoms with Crippen molar-refractivity contribution in [1.29, 1.82) is 0 Å². The van der Waals surface area contributed by atoms with Gasteiger partial charge in [-0.1, -0.05) is 11.6 Å². The SMILES string of the molecule is Cc1nc([C@@H]2OC3C(O)CO[C@@H]3C(n3cc(-c4ccc(Cl)c(F)c4F)cn3)C2O)n(-c2cc(C(F)(F)F)c3nc(C)sc3c2)n1. The maximum atomic E-state index is 14.7. The van der Waals surface area contributed by atoms with Crippen LogP contribution < -0.4 is 0 Å². The Hall–Kier alpha value is -3.54. The summed E-state index contributed by atoms with van der Waals surface area (Å²) in [5.74, 6) is -2.27. The molecule has 2 aliphatic rings. The number of thiazole rings is 1. The van der Waals surface area contributed by atoms with Crippen molar-refractivity contribution in [3.8, 4) is 16.8 Å². The third-order valence-corrected chi connectivity index (χ3v) is 9.05. The summed E-state index contributed by atoms with van der Waals surface area (Å²) in [6.45, 7) is 2.99. The topological polar surface area (TPSA) is 120 Å². The molecule has 17 heteroatoms. The lowest BCUT2D eigenvalue weighted by Crippen LogP contribution is -2.52. The number of rotatable bonds is 4. The molecule has 3 aromatic heterocycles. The number of aromatic nitrogens is 6. The summed E-state index contributed by atoms with van der Waals surface area (Å²) in [5.41, 5.74) is -1.11. The molecule has 2 N–H and O–H groups in total. The molecule has 6 atom stereocenters. The van der Waals surface area contributed by atoms with E-state index in [-0.39, 0.29) is 45.3 Å². The monoisotopic (exact) mass is 668 g/mol. The Kier molecular flexibility index (Phi) is 7.22. The number of alkyl halides is 3. The molecule has 2 aliphatic heterocycles. The molecule has 0 bridgehead atoms. The van der Waals surface area contributed by atoms with Crippen LogP contribution in [0.5, 0.6) is 0 Å². The molecule has 0 spiro atoms. The second-order valence-corrected chi connectivity index (χ2v) is 12.4. The normalized spacial score (nSPS) is 25.3. The summed E-state index contributed by atoms with van der Waals surface area (Å²) >= 11 is 6.78. The molecule has 5 aromatic rings. The zero-order valence-corrected chi connectivity index (χ0v) is 24.8. The number of aliphatic hydroxyl groups excluding tert-OH is 2. The molecule has 236 valence electrons. The van der Waals surface area contributed by atoms with E-state index in [4.69, 9.17) is 21.1 Å². The van der Waals surface area contributed by atoms with Crippen LogP contribution in [0.1, 0.15) is 34.4 Å². The molecule has 0 amide bonds. The van der Waals surface area contributed by atoms with Crippen LogP contribution >= 0.6 is 22.9 Å². The van der Waals surface area contributed by atoms with E-state index in [0.717, 1.165) is 22.1 Å². The lowest BCUT2D eigenvalue weighted by Gasteiger charge is -2.41. The molecule has 10 nitrogen and oxygen atoms in total. The highest BCUT2D eigenvalue weighted by molar-refractivity contribution is 7.18. The first kappa shape index (κ1) is 30.1. The third-order valence-electron chi connectivity index (χ3n) is 7.85. The number of aliphatic hydroxyl groups is 2. The van der Waals surface area contributed by atoms with Crippen molar-refractivity contribution in [2.75, 3.05) is 6.61 Å². The fourth-order valence-electron chi connectivity index (χ4n) is 5.88. The number of halogens is 6. The van der Waals surface area contributed by atoms with Gasteiger partial charge in [0.1, 0.15) is 42.4 Å². The zero-order valence-electron chi connectivity index (χ0n) is 23.2. The van der Waals surface area contributed by atoms with Gasteiger partial charge in [-0.05, 0) is 38.1 Å². The standard InChI is InChI=1S/C28H22ClF5N6O4S/c1-10-36-27(40(38-10)13-5-15(28(32,33)34)21-18(6-13)45-11(2)37-21)26-23(42)22(25-24(44-26)17(41)9-43-25)39-8-12(7-35-39)14-3-4-16(29)20(31)19(14)30/h3-8,17,22-26,41-42H,9H2,1-2H3/t17?,22?,23?,24?,25-,26-/m1/s1. The van der Waals surface area contributed by atoms with E-state index in [1.807, 2.05) is 0 Å². The highest BCUT2D eigenvalue weighted by Gasteiger charge is 2.54. The van der Waals surface area contributed by atoms with Crippen LogP contribution in [-0.2, 0) is 15.7 Å². The summed E-state index contributed by atoms with van der Waals surface area (Å²) in [6, 6.07) is 3.83. The van der Waals surface area contributed by atoms with Gasteiger partial charge in [0.05, 0.1) is 44.3 Å². The molecule has 2 saturated heterocycles. The van der Waals surface area contributed by atoms with Crippen molar-refractivity contribution in [2.24, 2.45) is 0 Å². The van der Waals surface area contributed by atoms with E-state index in [9.17, 15) is 32.2 Å². The van der Waals surface area contributed by atoms with Crippen molar-refractivity contribution >= 4 is 33.2 Å². The Balaban J connectivity index is 1.32. The van der Waals surface area contributed by atoms with Gasteiger partial charge in [0.2, 0.25) is 0 Å². The van der Waals surface area contributed by atoms with Crippen molar-refractivity contribution in [2.45, 2.75) is 56.6 Å². The minimum absolute atomic E-state index is 0.00776. The summed E-state index contributed by atoms with van der Waals surface area (Å²) in [4.78, 5) is 8.46. The minimum atomic E-state index is -4.72. The average molecular weight is 669 g/mol. The number of nitrogens with zero attached hydrogens (tertiary/aromatic N) is 6. The van der Waals surface area contributed by atoms with Gasteiger partial charge in [0, 0.05) is 17.3 Å². The molecule has 7 rings (SSSR count). The molecule has 5 heterocycles. The first-order valence-electron chi connectivity index (χ1n) is 13.6. The number of hydrogen-bond donors (Lipinski definition) is 2. The van der Waals surface area contributed by atoms with Crippen LogP contribution in [0.25, 0.3) is 27.0 Å². The van der Waals surface area contributed by atoms with Gasteiger partial charge in [-0.15, -0.1) is 11.3 Å². The van der Waals surface area contributed by atoms with Gasteiger partial charge in [0.25, 0.3) is 0 Å². The van der Waals surface area contributed by atoms with Crippen LogP contribution in [0.2, 0.25) is 5.02 Å². The number of hydrogen-bond acceptors (Lipinski definition) is 9. The Morgan fingerprint density at radius 1 is 1.07 bits per heavy atom. The van der Waals surface area contributed by atoms with Crippen LogP contribution in [0.15, 0.2) is 36.7 Å². The quantitative estimate of drug-likeness (QED) is 0.200. The van der Waals surface area contributed by atoms with Crippen molar-refractivity contribution < 1.29 is 41.6 Å². The lowest BCUT2D eigenvalue weighted by molar-refractivity contribution is -0.196. The maximum absolute atomic E-state index is 14.7. The number of fused-ring (bicyclic) bond motifs is 2. The summed E-state index contributed by atoms with van der Waals surface area (Å²) in [6.07, 6.45) is -8.00. The predicted molar refractivity (Wildman–Crippen MR) is 150 cm³/mol. The Bertz CT molecular complexity index is 1950. The molecule has 2 aromatic carbocycles. The molecule has 2 fully saturated rings. The van der Waals surface area contributed by atoms with Crippen molar-refractivity contribution in [1.82, 2.24) is 29.5 Å². The second kappa shape index (κ2) is 10.8. The molecular formula is C28H22ClF5N6O4S. The Morgan fingerprint density at radius 3 is 2.60 bits per heavy atom. The third kappa shape index (κ3) is 4.99. The highest BCUT2D eigenvalue weighted by Crippen LogP contribution is 2.44. The van der Waals surface area contributed by atoms with Gasteiger partial charge >= 0.3 is 6.18 Å². The Labute approximate surface area is 259 Å². The Morgan fingerprint density at radius 2 is 1.84 bits per heavy atom. The first-order valence-corrected chi connectivity index (χ1v) is 14.7. The van der Waals surface area contributed by atoms with Crippen LogP contribution in [-0.4, -0.2) is 70.8 Å². The van der Waals surface area contributed by atoms with E-state index in [1.165, 1.54) is 42.2 Å². The number of benzene rings is 2. The fourth-order valence-corrected chi connectivity index (χ4v) is 6.92. The van der Waals surface area contributed by atoms with Gasteiger partial charge in [-0.3, -0.25) is 4.68 Å². The maximum Gasteiger partial charge on any atom is 0.418 e. The van der Waals surface area contributed by atoms with E-state index in [0.29, 0.717) is 5.01 Å². The van der Waals surface area contributed by atoms with Crippen LogP contribution in [0.4, 0.5) is 22.0 Å². The largest absolute Gasteiger partial charge is 0.418 e. The summed E-state index contributed by atoms with van der Waals surface area (Å²) in [7, 11) is 0. The van der Waals surface area contributed by atoms with E-state index in [1.54, 1.807) is 6.92 Å². The fraction of sp³-hybridized carbons (Fsp3) is 0.357. The first-order chi connectivity index (χ1) is 21.3. The van der Waals surface area contributed by atoms with Crippen LogP contribution in [0.3, 0.4) is 0 Å². The van der Waals surface area contributed by atoms with E-state index < -0.39 is 65.0 Å². The molecule has 0 aliphatic carbocycles. The molecule has 0 saturated carbocycles. The van der Waals surface area contributed by atoms with Crippen molar-refractivity contribution in [3.63, 3.8) is 0 Å². The predicted octanol–water partition coefficient (Wildman–Crippen LogP) is 5.11. The molecular weight excluding hydrogens is 647 g/mol. The van der Waals surface area contributed by atoms with Gasteiger partial charge in [-0.25, -0.2) is 23.4 Å². The smallest absolute Gasteiger partial charge is 0.388 e. The molecule has 4 unspecified atom stereocenters.